The van der Waals surface area contributed by atoms with Crippen molar-refractivity contribution >= 4 is 11.3 Å². The third-order valence-electron chi connectivity index (χ3n) is 3.47. The summed E-state index contributed by atoms with van der Waals surface area (Å²) in [5.74, 6) is 1.63. The molecule has 0 aliphatic heterocycles. The van der Waals surface area contributed by atoms with Crippen LogP contribution >= 0.6 is 11.3 Å². The predicted molar refractivity (Wildman–Crippen MR) is 69.4 cm³/mol. The molecular weight excluding hydrogens is 230 g/mol. The lowest BCUT2D eigenvalue weighted by Gasteiger charge is -2.22. The Balaban J connectivity index is 1.98. The first-order valence-electron chi connectivity index (χ1n) is 6.34. The maximum Gasteiger partial charge on any atom is 0.140 e. The predicted octanol–water partition coefficient (Wildman–Crippen LogP) is 3.22. The van der Waals surface area contributed by atoms with Gasteiger partial charge >= 0.3 is 0 Å². The highest BCUT2D eigenvalue weighted by Gasteiger charge is 2.26. The van der Waals surface area contributed by atoms with Gasteiger partial charge in [-0.25, -0.2) is 0 Å². The van der Waals surface area contributed by atoms with Gasteiger partial charge in [0.1, 0.15) is 12.2 Å². The van der Waals surface area contributed by atoms with Gasteiger partial charge in [-0.15, -0.1) is 21.5 Å². The number of hydrogen-bond acceptors (Lipinski definition) is 3. The summed E-state index contributed by atoms with van der Waals surface area (Å²) in [5, 5.41) is 10.7. The lowest BCUT2D eigenvalue weighted by Crippen LogP contribution is -2.14. The van der Waals surface area contributed by atoms with Crippen LogP contribution in [0, 0.1) is 0 Å². The van der Waals surface area contributed by atoms with E-state index in [0.717, 1.165) is 18.8 Å². The van der Waals surface area contributed by atoms with Crippen molar-refractivity contribution in [1.29, 1.82) is 0 Å². The van der Waals surface area contributed by atoms with E-state index in [4.69, 9.17) is 0 Å². The van der Waals surface area contributed by atoms with E-state index < -0.39 is 0 Å². The first kappa shape index (κ1) is 11.0. The standard InChI is InChI=1S/C13H17N3S/c1-2-7-16-9-14-15-13(16)11-4-3-5-12-10(11)6-8-17-12/h6,8-9,11H,2-5,7H2,1H3. The molecule has 3 rings (SSSR count). The van der Waals surface area contributed by atoms with E-state index in [1.54, 1.807) is 4.88 Å². The number of rotatable bonds is 3. The molecule has 0 aromatic carbocycles. The highest BCUT2D eigenvalue weighted by atomic mass is 32.1. The van der Waals surface area contributed by atoms with Crippen molar-refractivity contribution in [2.45, 2.75) is 45.1 Å². The van der Waals surface area contributed by atoms with Crippen LogP contribution in [0.1, 0.15) is 48.4 Å². The minimum Gasteiger partial charge on any atom is -0.317 e. The summed E-state index contributed by atoms with van der Waals surface area (Å²) in [5.41, 5.74) is 1.49. The summed E-state index contributed by atoms with van der Waals surface area (Å²) < 4.78 is 2.22. The third kappa shape index (κ3) is 1.90. The zero-order chi connectivity index (χ0) is 11.7. The van der Waals surface area contributed by atoms with Crippen LogP contribution in [0.2, 0.25) is 0 Å². The molecule has 1 aliphatic carbocycles. The normalized spacial score (nSPS) is 19.2. The number of thiophene rings is 1. The smallest absolute Gasteiger partial charge is 0.140 e. The van der Waals surface area contributed by atoms with Gasteiger partial charge in [-0.3, -0.25) is 0 Å². The van der Waals surface area contributed by atoms with E-state index in [0.29, 0.717) is 5.92 Å². The molecule has 90 valence electrons. The minimum absolute atomic E-state index is 0.471. The van der Waals surface area contributed by atoms with Crippen LogP contribution < -0.4 is 0 Å². The van der Waals surface area contributed by atoms with Gasteiger partial charge in [0, 0.05) is 17.3 Å². The zero-order valence-electron chi connectivity index (χ0n) is 10.1. The second-order valence-corrected chi connectivity index (χ2v) is 5.63. The molecule has 0 bridgehead atoms. The molecule has 0 saturated carbocycles. The van der Waals surface area contributed by atoms with Crippen LogP contribution in [-0.4, -0.2) is 14.8 Å². The van der Waals surface area contributed by atoms with Gasteiger partial charge in [-0.1, -0.05) is 6.92 Å². The van der Waals surface area contributed by atoms with Crippen molar-refractivity contribution in [2.75, 3.05) is 0 Å². The molecule has 1 atom stereocenters. The van der Waals surface area contributed by atoms with E-state index in [1.165, 1.54) is 24.8 Å². The Morgan fingerprint density at radius 2 is 2.47 bits per heavy atom. The van der Waals surface area contributed by atoms with E-state index in [1.807, 2.05) is 17.7 Å². The summed E-state index contributed by atoms with van der Waals surface area (Å²) in [7, 11) is 0. The Morgan fingerprint density at radius 3 is 3.35 bits per heavy atom. The number of aromatic nitrogens is 3. The van der Waals surface area contributed by atoms with E-state index >= 15 is 0 Å². The molecular formula is C13H17N3S. The number of fused-ring (bicyclic) bond motifs is 1. The molecule has 4 heteroatoms. The van der Waals surface area contributed by atoms with E-state index in [-0.39, 0.29) is 0 Å². The number of hydrogen-bond donors (Lipinski definition) is 0. The fraction of sp³-hybridized carbons (Fsp3) is 0.538. The fourth-order valence-electron chi connectivity index (χ4n) is 2.70. The topological polar surface area (TPSA) is 30.7 Å². The summed E-state index contributed by atoms with van der Waals surface area (Å²) in [6.45, 7) is 3.22. The molecule has 0 spiro atoms. The minimum atomic E-state index is 0.471. The average Bonchev–Trinajstić information content (AvgIpc) is 2.96. The van der Waals surface area contributed by atoms with Gasteiger partial charge in [-0.05, 0) is 42.7 Å². The van der Waals surface area contributed by atoms with Gasteiger partial charge in [-0.2, -0.15) is 0 Å². The maximum absolute atomic E-state index is 4.35. The van der Waals surface area contributed by atoms with Crippen molar-refractivity contribution < 1.29 is 0 Å². The molecule has 0 amide bonds. The van der Waals surface area contributed by atoms with Gasteiger partial charge in [0.2, 0.25) is 0 Å². The van der Waals surface area contributed by atoms with Crippen LogP contribution in [0.15, 0.2) is 17.8 Å². The van der Waals surface area contributed by atoms with Gasteiger partial charge in [0.15, 0.2) is 0 Å². The highest BCUT2D eigenvalue weighted by Crippen LogP contribution is 2.38. The van der Waals surface area contributed by atoms with E-state index in [9.17, 15) is 0 Å². The maximum atomic E-state index is 4.35. The van der Waals surface area contributed by atoms with Crippen LogP contribution in [0.25, 0.3) is 0 Å². The van der Waals surface area contributed by atoms with E-state index in [2.05, 4.69) is 33.1 Å². The molecule has 1 unspecified atom stereocenters. The fourth-order valence-corrected chi connectivity index (χ4v) is 3.69. The zero-order valence-corrected chi connectivity index (χ0v) is 10.9. The molecule has 2 heterocycles. The van der Waals surface area contributed by atoms with Crippen molar-refractivity contribution in [2.24, 2.45) is 0 Å². The molecule has 0 radical (unpaired) electrons. The molecule has 17 heavy (non-hydrogen) atoms. The Bertz CT molecular complexity index is 500. The van der Waals surface area contributed by atoms with Crippen molar-refractivity contribution in [1.82, 2.24) is 14.8 Å². The summed E-state index contributed by atoms with van der Waals surface area (Å²) in [6.07, 6.45) is 6.74. The largest absolute Gasteiger partial charge is 0.317 e. The Hall–Kier alpha value is -1.16. The molecule has 2 aromatic heterocycles. The van der Waals surface area contributed by atoms with Gasteiger partial charge in [0.25, 0.3) is 0 Å². The highest BCUT2D eigenvalue weighted by molar-refractivity contribution is 7.10. The van der Waals surface area contributed by atoms with Crippen LogP contribution in [0.4, 0.5) is 0 Å². The average molecular weight is 247 g/mol. The quantitative estimate of drug-likeness (QED) is 0.833. The van der Waals surface area contributed by atoms with Crippen LogP contribution in [-0.2, 0) is 13.0 Å². The van der Waals surface area contributed by atoms with Crippen molar-refractivity contribution in [3.05, 3.63) is 34.0 Å². The Labute approximate surface area is 106 Å². The lowest BCUT2D eigenvalue weighted by molar-refractivity contribution is 0.549. The Morgan fingerprint density at radius 1 is 1.53 bits per heavy atom. The summed E-state index contributed by atoms with van der Waals surface area (Å²) >= 11 is 1.89. The van der Waals surface area contributed by atoms with Crippen LogP contribution in [0.5, 0.6) is 0 Å². The lowest BCUT2D eigenvalue weighted by atomic mass is 9.87. The Kier molecular flexibility index (Phi) is 2.97. The second kappa shape index (κ2) is 4.61. The third-order valence-corrected chi connectivity index (χ3v) is 4.47. The van der Waals surface area contributed by atoms with Gasteiger partial charge < -0.3 is 4.57 Å². The summed E-state index contributed by atoms with van der Waals surface area (Å²) in [4.78, 5) is 1.55. The SMILES string of the molecule is CCCn1cnnc1C1CCCc2sccc21. The first-order valence-corrected chi connectivity index (χ1v) is 7.22. The molecule has 0 N–H and O–H groups in total. The van der Waals surface area contributed by atoms with Crippen molar-refractivity contribution in [3.8, 4) is 0 Å². The van der Waals surface area contributed by atoms with Crippen molar-refractivity contribution in [3.63, 3.8) is 0 Å². The van der Waals surface area contributed by atoms with Gasteiger partial charge in [0.05, 0.1) is 0 Å². The molecule has 2 aromatic rings. The molecule has 0 saturated heterocycles. The second-order valence-electron chi connectivity index (χ2n) is 4.63. The number of aryl methyl sites for hydroxylation is 2. The first-order chi connectivity index (χ1) is 8.40. The molecule has 0 fully saturated rings. The van der Waals surface area contributed by atoms with Crippen LogP contribution in [0.3, 0.4) is 0 Å². The summed E-state index contributed by atoms with van der Waals surface area (Å²) in [6, 6.07) is 2.27. The molecule has 3 nitrogen and oxygen atoms in total. The monoisotopic (exact) mass is 247 g/mol. The number of nitrogens with zero attached hydrogens (tertiary/aromatic N) is 3. The molecule has 1 aliphatic rings.